The molecule has 0 radical (unpaired) electrons. The first-order valence-corrected chi connectivity index (χ1v) is 9.05. The first kappa shape index (κ1) is 16.3. The molecule has 2 heterocycles. The molecule has 0 bridgehead atoms. The summed E-state index contributed by atoms with van der Waals surface area (Å²) in [6, 6.07) is 14.4. The van der Waals surface area contributed by atoms with Gasteiger partial charge in [-0.2, -0.15) is 0 Å². The largest absolute Gasteiger partial charge is 0.369 e. The molecule has 1 saturated heterocycles. The number of carbonyl (C=O) groups is 1. The van der Waals surface area contributed by atoms with Gasteiger partial charge in [0.15, 0.2) is 0 Å². The smallest absolute Gasteiger partial charge is 0.226 e. The Labute approximate surface area is 148 Å². The highest BCUT2D eigenvalue weighted by molar-refractivity contribution is 5.83. The van der Waals surface area contributed by atoms with Gasteiger partial charge < -0.3 is 9.64 Å². The Hall–Kier alpha value is -2.20. The van der Waals surface area contributed by atoms with Crippen molar-refractivity contribution >= 4 is 5.91 Å². The van der Waals surface area contributed by atoms with Crippen molar-refractivity contribution in [3.05, 3.63) is 66.0 Å². The minimum absolute atomic E-state index is 0.0359. The number of morpholine rings is 1. The van der Waals surface area contributed by atoms with Gasteiger partial charge in [-0.05, 0) is 43.4 Å². The summed E-state index contributed by atoms with van der Waals surface area (Å²) in [6.07, 6.45) is 4.53. The lowest BCUT2D eigenvalue weighted by molar-refractivity contribution is -0.154. The van der Waals surface area contributed by atoms with Crippen molar-refractivity contribution in [2.75, 3.05) is 6.61 Å². The lowest BCUT2D eigenvalue weighted by Gasteiger charge is -2.44. The van der Waals surface area contributed by atoms with E-state index in [1.807, 2.05) is 30.5 Å². The number of carbonyl (C=O) groups excluding carboxylic acids is 1. The maximum atomic E-state index is 13.2. The Balaban J connectivity index is 1.51. The molecule has 25 heavy (non-hydrogen) atoms. The Morgan fingerprint density at radius 3 is 2.60 bits per heavy atom. The minimum atomic E-state index is -0.0584. The van der Waals surface area contributed by atoms with E-state index in [2.05, 4.69) is 41.9 Å². The SMILES string of the molecule is C[C@@H]1CO[C@H](c2ccccc2)[C@H](C)N1C(=O)[C@H]1C[C@@H]1c1cccnc1. The summed E-state index contributed by atoms with van der Waals surface area (Å²) >= 11 is 0. The highest BCUT2D eigenvalue weighted by Gasteiger charge is 2.49. The van der Waals surface area contributed by atoms with E-state index in [1.54, 1.807) is 6.20 Å². The van der Waals surface area contributed by atoms with Crippen LogP contribution in [0.15, 0.2) is 54.9 Å². The lowest BCUT2D eigenvalue weighted by atomic mass is 9.97. The predicted molar refractivity (Wildman–Crippen MR) is 96.0 cm³/mol. The molecule has 1 aliphatic carbocycles. The van der Waals surface area contributed by atoms with Crippen molar-refractivity contribution in [3.63, 3.8) is 0 Å². The number of rotatable bonds is 3. The van der Waals surface area contributed by atoms with Crippen molar-refractivity contribution < 1.29 is 9.53 Å². The highest BCUT2D eigenvalue weighted by Crippen LogP contribution is 2.49. The van der Waals surface area contributed by atoms with E-state index in [-0.39, 0.29) is 30.0 Å². The second-order valence-electron chi connectivity index (χ2n) is 7.23. The van der Waals surface area contributed by atoms with Gasteiger partial charge in [0, 0.05) is 18.3 Å². The fourth-order valence-electron chi connectivity index (χ4n) is 4.07. The molecule has 1 aromatic carbocycles. The van der Waals surface area contributed by atoms with Crippen LogP contribution in [0.25, 0.3) is 0 Å². The van der Waals surface area contributed by atoms with E-state index in [9.17, 15) is 4.79 Å². The topological polar surface area (TPSA) is 42.4 Å². The van der Waals surface area contributed by atoms with E-state index >= 15 is 0 Å². The van der Waals surface area contributed by atoms with Gasteiger partial charge in [0.1, 0.15) is 6.10 Å². The zero-order valence-electron chi connectivity index (χ0n) is 14.7. The predicted octanol–water partition coefficient (Wildman–Crippen LogP) is 3.56. The molecular weight excluding hydrogens is 312 g/mol. The number of hydrogen-bond acceptors (Lipinski definition) is 3. The summed E-state index contributed by atoms with van der Waals surface area (Å²) in [6.45, 7) is 4.77. The zero-order valence-corrected chi connectivity index (χ0v) is 14.7. The molecule has 130 valence electrons. The van der Waals surface area contributed by atoms with Crippen molar-refractivity contribution in [2.24, 2.45) is 5.92 Å². The normalized spacial score (nSPS) is 31.6. The third-order valence-corrected chi connectivity index (χ3v) is 5.47. The summed E-state index contributed by atoms with van der Waals surface area (Å²) in [4.78, 5) is 19.4. The molecule has 4 nitrogen and oxygen atoms in total. The Bertz CT molecular complexity index is 734. The molecule has 4 rings (SSSR count). The van der Waals surface area contributed by atoms with E-state index in [1.165, 1.54) is 5.56 Å². The van der Waals surface area contributed by atoms with Crippen LogP contribution in [0.3, 0.4) is 0 Å². The number of ether oxygens (including phenoxy) is 1. The van der Waals surface area contributed by atoms with Crippen LogP contribution >= 0.6 is 0 Å². The maximum absolute atomic E-state index is 13.2. The van der Waals surface area contributed by atoms with Gasteiger partial charge in [-0.3, -0.25) is 9.78 Å². The molecule has 0 spiro atoms. The molecule has 2 fully saturated rings. The summed E-state index contributed by atoms with van der Waals surface area (Å²) in [5.74, 6) is 0.667. The van der Waals surface area contributed by atoms with Gasteiger partial charge in [0.05, 0.1) is 18.7 Å². The number of pyridine rings is 1. The van der Waals surface area contributed by atoms with Crippen LogP contribution in [0.1, 0.15) is 43.4 Å². The number of nitrogens with zero attached hydrogens (tertiary/aromatic N) is 2. The van der Waals surface area contributed by atoms with Crippen LogP contribution in [0.4, 0.5) is 0 Å². The molecule has 2 aliphatic rings. The fraction of sp³-hybridized carbons (Fsp3) is 0.429. The summed E-state index contributed by atoms with van der Waals surface area (Å²) in [7, 11) is 0. The molecular formula is C21H24N2O2. The highest BCUT2D eigenvalue weighted by atomic mass is 16.5. The molecule has 0 unspecified atom stereocenters. The molecule has 1 saturated carbocycles. The van der Waals surface area contributed by atoms with Crippen LogP contribution in [0.5, 0.6) is 0 Å². The molecule has 1 aliphatic heterocycles. The van der Waals surface area contributed by atoms with Gasteiger partial charge in [-0.1, -0.05) is 36.4 Å². The standard InChI is InChI=1S/C21H24N2O2/c1-14-13-25-20(16-7-4-3-5-8-16)15(2)23(14)21(24)19-11-18(19)17-9-6-10-22-12-17/h3-10,12,14-15,18-20H,11,13H2,1-2H3/t14-,15+,18-,19+,20+/m1/s1. The first-order chi connectivity index (χ1) is 12.2. The maximum Gasteiger partial charge on any atom is 0.226 e. The average Bonchev–Trinajstić information content (AvgIpc) is 3.44. The number of aromatic nitrogens is 1. The third-order valence-electron chi connectivity index (χ3n) is 5.47. The molecule has 5 atom stereocenters. The molecule has 2 aromatic rings. The van der Waals surface area contributed by atoms with Crippen LogP contribution < -0.4 is 0 Å². The van der Waals surface area contributed by atoms with Crippen molar-refractivity contribution in [2.45, 2.75) is 44.4 Å². The molecule has 0 N–H and O–H groups in total. The first-order valence-electron chi connectivity index (χ1n) is 9.05. The average molecular weight is 336 g/mol. The lowest BCUT2D eigenvalue weighted by Crippen LogP contribution is -2.54. The third kappa shape index (κ3) is 3.07. The minimum Gasteiger partial charge on any atom is -0.369 e. The van der Waals surface area contributed by atoms with Crippen molar-refractivity contribution in [1.29, 1.82) is 0 Å². The summed E-state index contributed by atoms with van der Waals surface area (Å²) < 4.78 is 6.08. The Morgan fingerprint density at radius 2 is 1.88 bits per heavy atom. The van der Waals surface area contributed by atoms with E-state index in [0.717, 1.165) is 12.0 Å². The number of amides is 1. The second kappa shape index (κ2) is 6.60. The van der Waals surface area contributed by atoms with Gasteiger partial charge >= 0.3 is 0 Å². The summed E-state index contributed by atoms with van der Waals surface area (Å²) in [5.41, 5.74) is 2.31. The van der Waals surface area contributed by atoms with Gasteiger partial charge in [-0.15, -0.1) is 0 Å². The Kier molecular flexibility index (Phi) is 4.30. The molecule has 1 aromatic heterocycles. The second-order valence-corrected chi connectivity index (χ2v) is 7.23. The van der Waals surface area contributed by atoms with E-state index < -0.39 is 0 Å². The number of hydrogen-bond donors (Lipinski definition) is 0. The van der Waals surface area contributed by atoms with E-state index in [4.69, 9.17) is 4.74 Å². The molecule has 4 heteroatoms. The van der Waals surface area contributed by atoms with Crippen molar-refractivity contribution in [3.8, 4) is 0 Å². The summed E-state index contributed by atoms with van der Waals surface area (Å²) in [5, 5.41) is 0. The van der Waals surface area contributed by atoms with E-state index in [0.29, 0.717) is 12.5 Å². The van der Waals surface area contributed by atoms with Gasteiger partial charge in [-0.25, -0.2) is 0 Å². The van der Waals surface area contributed by atoms with Crippen LogP contribution in [0, 0.1) is 5.92 Å². The zero-order chi connectivity index (χ0) is 17.4. The van der Waals surface area contributed by atoms with Crippen LogP contribution in [-0.2, 0) is 9.53 Å². The van der Waals surface area contributed by atoms with Gasteiger partial charge in [0.25, 0.3) is 0 Å². The van der Waals surface area contributed by atoms with Gasteiger partial charge in [0.2, 0.25) is 5.91 Å². The van der Waals surface area contributed by atoms with Crippen LogP contribution in [0.2, 0.25) is 0 Å². The van der Waals surface area contributed by atoms with Crippen molar-refractivity contribution in [1.82, 2.24) is 9.88 Å². The monoisotopic (exact) mass is 336 g/mol. The Morgan fingerprint density at radius 1 is 1.12 bits per heavy atom. The molecule has 1 amide bonds. The number of benzene rings is 1. The van der Waals surface area contributed by atoms with Crippen LogP contribution in [-0.4, -0.2) is 34.5 Å². The fourth-order valence-corrected chi connectivity index (χ4v) is 4.07. The quantitative estimate of drug-likeness (QED) is 0.861.